The van der Waals surface area contributed by atoms with Crippen LogP contribution in [0.5, 0.6) is 0 Å². The van der Waals surface area contributed by atoms with Crippen LogP contribution in [0.2, 0.25) is 0 Å². The fourth-order valence-electron chi connectivity index (χ4n) is 3.71. The van der Waals surface area contributed by atoms with Crippen LogP contribution < -0.4 is 10.6 Å². The molecule has 5 rings (SSSR count). The first-order chi connectivity index (χ1) is 11.0. The summed E-state index contributed by atoms with van der Waals surface area (Å²) in [6.45, 7) is 10.6. The largest absolute Gasteiger partial charge is 0.328 e. The lowest BCUT2D eigenvalue weighted by atomic mass is 9.79. The number of amides is 4. The minimum absolute atomic E-state index is 0.397. The molecule has 5 fully saturated rings. The summed E-state index contributed by atoms with van der Waals surface area (Å²) >= 11 is 0. The highest BCUT2D eigenvalue weighted by Gasteiger charge is 2.47. The van der Waals surface area contributed by atoms with Crippen LogP contribution in [0.15, 0.2) is 0 Å². The molecule has 5 aliphatic heterocycles. The van der Waals surface area contributed by atoms with Crippen LogP contribution in [0.4, 0.5) is 4.79 Å². The van der Waals surface area contributed by atoms with Gasteiger partial charge < -0.3 is 0 Å². The van der Waals surface area contributed by atoms with Crippen molar-refractivity contribution in [3.63, 3.8) is 0 Å². The van der Waals surface area contributed by atoms with Crippen molar-refractivity contribution in [2.75, 3.05) is 40.0 Å². The topological polar surface area (TPSA) is 88.2 Å². The van der Waals surface area contributed by atoms with Gasteiger partial charge in [0.2, 0.25) is 11.8 Å². The van der Waals surface area contributed by atoms with Gasteiger partial charge in [0, 0.05) is 0 Å². The van der Waals surface area contributed by atoms with Gasteiger partial charge in [-0.2, -0.15) is 0 Å². The van der Waals surface area contributed by atoms with E-state index in [1.165, 1.54) is 40.0 Å². The van der Waals surface area contributed by atoms with E-state index in [4.69, 9.17) is 0 Å². The molecule has 23 heavy (non-hydrogen) atoms. The Hall–Kier alpha value is -1.55. The zero-order valence-electron chi connectivity index (χ0n) is 13.7. The summed E-state index contributed by atoms with van der Waals surface area (Å²) in [7, 11) is 0. The molecule has 0 radical (unpaired) electrons. The highest BCUT2D eigenvalue weighted by Crippen LogP contribution is 2.28. The summed E-state index contributed by atoms with van der Waals surface area (Å²) < 4.78 is 0. The van der Waals surface area contributed by atoms with Crippen LogP contribution in [0, 0.1) is 5.41 Å². The monoisotopic (exact) mass is 324 g/mol. The molecule has 0 saturated carbocycles. The smallest absolute Gasteiger partial charge is 0.277 e. The molecule has 128 valence electrons. The third-order valence-electron chi connectivity index (χ3n) is 4.93. The Morgan fingerprint density at radius 1 is 0.739 bits per heavy atom. The van der Waals surface area contributed by atoms with Crippen molar-refractivity contribution in [3.05, 3.63) is 0 Å². The Kier molecular flexibility index (Phi) is 4.37. The van der Waals surface area contributed by atoms with Crippen LogP contribution >= 0.6 is 0 Å². The van der Waals surface area contributed by atoms with Gasteiger partial charge >= 0.3 is 6.03 Å². The van der Waals surface area contributed by atoms with Crippen molar-refractivity contribution < 1.29 is 14.4 Å². The van der Waals surface area contributed by atoms with Gasteiger partial charge in [0.05, 0.1) is 40.0 Å². The third kappa shape index (κ3) is 2.97. The second-order valence-electron chi connectivity index (χ2n) is 6.56. The second kappa shape index (κ2) is 6.16. The Morgan fingerprint density at radius 3 is 1.30 bits per heavy atom. The van der Waals surface area contributed by atoms with Crippen molar-refractivity contribution in [1.29, 1.82) is 0 Å². The van der Waals surface area contributed by atoms with E-state index in [1.807, 2.05) is 0 Å². The fourth-order valence-corrected chi connectivity index (χ4v) is 3.71. The lowest BCUT2D eigenvalue weighted by molar-refractivity contribution is -0.194. The predicted octanol–water partition coefficient (Wildman–Crippen LogP) is -0.861. The number of carbonyl (C=O) groups excluding carboxylic acids is 3. The Balaban J connectivity index is 0.000000139. The van der Waals surface area contributed by atoms with Gasteiger partial charge in [-0.3, -0.25) is 39.8 Å². The highest BCUT2D eigenvalue weighted by atomic mass is 16.2. The van der Waals surface area contributed by atoms with Crippen LogP contribution in [0.1, 0.15) is 26.7 Å². The molecule has 5 aliphatic rings. The Labute approximate surface area is 135 Å². The number of barbiturate groups is 1. The van der Waals surface area contributed by atoms with E-state index in [2.05, 4.69) is 30.2 Å². The van der Waals surface area contributed by atoms with Crippen molar-refractivity contribution in [1.82, 2.24) is 30.2 Å². The SMILES string of the molecule is C1N2CN3CN1CN(C2)C3.CCC1(CC)C(=O)NC(=O)NC1=O. The molecule has 4 amide bonds. The second-order valence-corrected chi connectivity index (χ2v) is 6.56. The summed E-state index contributed by atoms with van der Waals surface area (Å²) in [5.41, 5.74) is -1.06. The van der Waals surface area contributed by atoms with Crippen LogP contribution in [0.25, 0.3) is 0 Å². The zero-order valence-corrected chi connectivity index (χ0v) is 13.7. The van der Waals surface area contributed by atoms with E-state index in [-0.39, 0.29) is 0 Å². The standard InChI is InChI=1S/C8H12N2O3.C6H12N4/c1-3-8(4-2)5(11)9-7(13)10-6(8)12;1-7-2-9-4-8(1)5-10(3-7)6-9/h3-4H2,1-2H3,(H2,9,10,11,12,13);1-6H2. The summed E-state index contributed by atoms with van der Waals surface area (Å²) in [5.74, 6) is -0.988. The molecule has 4 bridgehead atoms. The van der Waals surface area contributed by atoms with Crippen molar-refractivity contribution >= 4 is 17.8 Å². The lowest BCUT2D eigenvalue weighted by Gasteiger charge is -2.56. The molecule has 0 aliphatic carbocycles. The van der Waals surface area contributed by atoms with Crippen LogP contribution in [0.3, 0.4) is 0 Å². The minimum Gasteiger partial charge on any atom is -0.277 e. The first-order valence-electron chi connectivity index (χ1n) is 8.03. The first kappa shape index (κ1) is 16.3. The van der Waals surface area contributed by atoms with Crippen LogP contribution in [-0.2, 0) is 9.59 Å². The number of nitrogens with one attached hydrogen (secondary N) is 2. The number of nitrogens with zero attached hydrogens (tertiary/aromatic N) is 4. The number of hydrogen-bond acceptors (Lipinski definition) is 7. The summed E-state index contributed by atoms with van der Waals surface area (Å²) in [6, 6.07) is -0.729. The molecule has 5 heterocycles. The molecular weight excluding hydrogens is 300 g/mol. The van der Waals surface area contributed by atoms with Crippen molar-refractivity contribution in [2.45, 2.75) is 26.7 Å². The Morgan fingerprint density at radius 2 is 1.04 bits per heavy atom. The minimum atomic E-state index is -1.06. The Bertz CT molecular complexity index is 440. The van der Waals surface area contributed by atoms with E-state index >= 15 is 0 Å². The molecule has 5 saturated heterocycles. The van der Waals surface area contributed by atoms with Gasteiger partial charge in [-0.1, -0.05) is 13.8 Å². The molecule has 0 atom stereocenters. The molecule has 0 spiro atoms. The third-order valence-corrected chi connectivity index (χ3v) is 4.93. The van der Waals surface area contributed by atoms with E-state index in [9.17, 15) is 14.4 Å². The van der Waals surface area contributed by atoms with E-state index in [0.29, 0.717) is 12.8 Å². The number of rotatable bonds is 2. The highest BCUT2D eigenvalue weighted by molar-refractivity contribution is 6.19. The molecule has 0 aromatic heterocycles. The predicted molar refractivity (Wildman–Crippen MR) is 81.3 cm³/mol. The molecule has 0 unspecified atom stereocenters. The maximum atomic E-state index is 11.4. The number of imide groups is 2. The van der Waals surface area contributed by atoms with E-state index in [1.54, 1.807) is 13.8 Å². The molecule has 0 aromatic rings. The number of carbonyl (C=O) groups is 3. The van der Waals surface area contributed by atoms with Gasteiger partial charge in [-0.25, -0.2) is 4.79 Å². The quantitative estimate of drug-likeness (QED) is 0.639. The molecular formula is C14H24N6O3. The summed E-state index contributed by atoms with van der Waals surface area (Å²) in [5, 5.41) is 4.19. The van der Waals surface area contributed by atoms with E-state index in [0.717, 1.165) is 0 Å². The van der Waals surface area contributed by atoms with Crippen molar-refractivity contribution in [3.8, 4) is 0 Å². The van der Waals surface area contributed by atoms with Gasteiger partial charge in [0.15, 0.2) is 0 Å². The van der Waals surface area contributed by atoms with Crippen molar-refractivity contribution in [2.24, 2.45) is 5.41 Å². The van der Waals surface area contributed by atoms with Gasteiger partial charge in [-0.05, 0) is 12.8 Å². The summed E-state index contributed by atoms with van der Waals surface area (Å²) in [6.07, 6.45) is 0.795. The lowest BCUT2D eigenvalue weighted by Crippen LogP contribution is -2.71. The first-order valence-corrected chi connectivity index (χ1v) is 8.03. The summed E-state index contributed by atoms with van der Waals surface area (Å²) in [4.78, 5) is 43.4. The normalized spacial score (nSPS) is 36.9. The molecule has 9 heteroatoms. The molecule has 9 nitrogen and oxygen atoms in total. The average molecular weight is 324 g/mol. The van der Waals surface area contributed by atoms with Gasteiger partial charge in [0.25, 0.3) is 0 Å². The van der Waals surface area contributed by atoms with E-state index < -0.39 is 23.3 Å². The maximum Gasteiger partial charge on any atom is 0.328 e. The molecule has 2 N–H and O–H groups in total. The van der Waals surface area contributed by atoms with Gasteiger partial charge in [0.1, 0.15) is 5.41 Å². The van der Waals surface area contributed by atoms with Gasteiger partial charge in [-0.15, -0.1) is 0 Å². The fraction of sp³-hybridized carbons (Fsp3) is 0.786. The molecule has 0 aromatic carbocycles. The zero-order chi connectivity index (χ0) is 16.6. The maximum absolute atomic E-state index is 11.4. The number of hydrogen-bond donors (Lipinski definition) is 2. The average Bonchev–Trinajstić information content (AvgIpc) is 2.47. The van der Waals surface area contributed by atoms with Crippen LogP contribution in [-0.4, -0.2) is 77.5 Å². The number of urea groups is 1.